The van der Waals surface area contributed by atoms with Crippen molar-refractivity contribution in [2.45, 2.75) is 19.8 Å². The van der Waals surface area contributed by atoms with E-state index in [1.807, 2.05) is 0 Å². The number of carbonyl (C=O) groups is 2. The van der Waals surface area contributed by atoms with Crippen molar-refractivity contribution in [3.63, 3.8) is 0 Å². The van der Waals surface area contributed by atoms with Gasteiger partial charge in [-0.3, -0.25) is 9.59 Å². The molecule has 0 atom stereocenters. The van der Waals surface area contributed by atoms with Crippen LogP contribution < -0.4 is 20.1 Å². The molecular formula is C19H21FN2O4. The Morgan fingerprint density at radius 2 is 1.69 bits per heavy atom. The third-order valence-corrected chi connectivity index (χ3v) is 3.65. The van der Waals surface area contributed by atoms with Gasteiger partial charge in [-0.15, -0.1) is 0 Å². The summed E-state index contributed by atoms with van der Waals surface area (Å²) in [7, 11) is 2.89. The molecule has 0 aliphatic rings. The van der Waals surface area contributed by atoms with Crippen LogP contribution in [0.2, 0.25) is 0 Å². The number of hydrogen-bond donors (Lipinski definition) is 2. The van der Waals surface area contributed by atoms with E-state index in [9.17, 15) is 14.0 Å². The van der Waals surface area contributed by atoms with Crippen molar-refractivity contribution < 1.29 is 23.5 Å². The van der Waals surface area contributed by atoms with Gasteiger partial charge in [0, 0.05) is 19.0 Å². The SMILES string of the molecule is COc1ccc(CCC(=O)Nc2cc(NC(C)=O)ccc2OC)cc1F. The highest BCUT2D eigenvalue weighted by atomic mass is 19.1. The molecule has 2 aromatic rings. The molecule has 0 unspecified atom stereocenters. The summed E-state index contributed by atoms with van der Waals surface area (Å²) in [5.74, 6) is -0.288. The second kappa shape index (κ2) is 8.84. The Bertz CT molecular complexity index is 808. The molecule has 6 nitrogen and oxygen atoms in total. The fraction of sp³-hybridized carbons (Fsp3) is 0.263. The number of rotatable bonds is 7. The van der Waals surface area contributed by atoms with E-state index >= 15 is 0 Å². The average molecular weight is 360 g/mol. The van der Waals surface area contributed by atoms with Crippen LogP contribution in [0.25, 0.3) is 0 Å². The van der Waals surface area contributed by atoms with Gasteiger partial charge in [-0.05, 0) is 42.3 Å². The van der Waals surface area contributed by atoms with Crippen LogP contribution in [-0.2, 0) is 16.0 Å². The number of ether oxygens (including phenoxy) is 2. The molecule has 0 aliphatic heterocycles. The fourth-order valence-electron chi connectivity index (χ4n) is 2.42. The maximum absolute atomic E-state index is 13.7. The molecule has 0 aliphatic carbocycles. The number of amides is 2. The van der Waals surface area contributed by atoms with Crippen LogP contribution in [0.5, 0.6) is 11.5 Å². The van der Waals surface area contributed by atoms with Crippen LogP contribution in [0.4, 0.5) is 15.8 Å². The van der Waals surface area contributed by atoms with Gasteiger partial charge in [-0.1, -0.05) is 6.07 Å². The minimum atomic E-state index is -0.463. The Labute approximate surface area is 151 Å². The lowest BCUT2D eigenvalue weighted by molar-refractivity contribution is -0.116. The van der Waals surface area contributed by atoms with Crippen LogP contribution in [0.1, 0.15) is 18.9 Å². The molecule has 0 radical (unpaired) electrons. The van der Waals surface area contributed by atoms with E-state index < -0.39 is 5.82 Å². The van der Waals surface area contributed by atoms with E-state index in [-0.39, 0.29) is 24.0 Å². The maximum Gasteiger partial charge on any atom is 0.224 e. The van der Waals surface area contributed by atoms with E-state index in [0.717, 1.165) is 0 Å². The van der Waals surface area contributed by atoms with Gasteiger partial charge in [0.2, 0.25) is 11.8 Å². The molecule has 0 bridgehead atoms. The molecule has 0 saturated heterocycles. The van der Waals surface area contributed by atoms with Gasteiger partial charge >= 0.3 is 0 Å². The zero-order valence-electron chi connectivity index (χ0n) is 14.9. The van der Waals surface area contributed by atoms with Crippen LogP contribution >= 0.6 is 0 Å². The third kappa shape index (κ3) is 5.20. The maximum atomic E-state index is 13.7. The van der Waals surface area contributed by atoms with Crippen molar-refractivity contribution in [1.29, 1.82) is 0 Å². The van der Waals surface area contributed by atoms with E-state index in [0.29, 0.717) is 29.1 Å². The summed E-state index contributed by atoms with van der Waals surface area (Å²) >= 11 is 0. The lowest BCUT2D eigenvalue weighted by Crippen LogP contribution is -2.14. The predicted molar refractivity (Wildman–Crippen MR) is 97.2 cm³/mol. The zero-order valence-corrected chi connectivity index (χ0v) is 14.9. The summed E-state index contributed by atoms with van der Waals surface area (Å²) in [5, 5.41) is 5.39. The van der Waals surface area contributed by atoms with Gasteiger partial charge in [0.25, 0.3) is 0 Å². The summed E-state index contributed by atoms with van der Waals surface area (Å²) in [5.41, 5.74) is 1.69. The molecule has 0 fully saturated rings. The number of hydrogen-bond acceptors (Lipinski definition) is 4. The Hall–Kier alpha value is -3.09. The molecule has 138 valence electrons. The predicted octanol–water partition coefficient (Wildman–Crippen LogP) is 3.37. The van der Waals surface area contributed by atoms with E-state index in [4.69, 9.17) is 9.47 Å². The average Bonchev–Trinajstić information content (AvgIpc) is 2.60. The van der Waals surface area contributed by atoms with Gasteiger partial charge in [-0.25, -0.2) is 4.39 Å². The Morgan fingerprint density at radius 1 is 1.00 bits per heavy atom. The number of methoxy groups -OCH3 is 2. The van der Waals surface area contributed by atoms with E-state index in [2.05, 4.69) is 10.6 Å². The highest BCUT2D eigenvalue weighted by Crippen LogP contribution is 2.28. The molecule has 2 rings (SSSR count). The molecule has 7 heteroatoms. The Kier molecular flexibility index (Phi) is 6.54. The van der Waals surface area contributed by atoms with Crippen molar-refractivity contribution in [3.8, 4) is 11.5 Å². The van der Waals surface area contributed by atoms with Gasteiger partial charge < -0.3 is 20.1 Å². The molecule has 26 heavy (non-hydrogen) atoms. The van der Waals surface area contributed by atoms with E-state index in [1.54, 1.807) is 24.3 Å². The number of aryl methyl sites for hydroxylation is 1. The molecule has 2 aromatic carbocycles. The van der Waals surface area contributed by atoms with Crippen LogP contribution in [0.3, 0.4) is 0 Å². The van der Waals surface area contributed by atoms with Gasteiger partial charge in [-0.2, -0.15) is 0 Å². The quantitative estimate of drug-likeness (QED) is 0.794. The van der Waals surface area contributed by atoms with Crippen molar-refractivity contribution in [3.05, 3.63) is 47.8 Å². The van der Waals surface area contributed by atoms with Crippen LogP contribution in [0.15, 0.2) is 36.4 Å². The topological polar surface area (TPSA) is 76.7 Å². The standard InChI is InChI=1S/C19H21FN2O4/c1-12(23)21-14-6-8-18(26-3)16(11-14)22-19(24)9-5-13-4-7-17(25-2)15(20)10-13/h4,6-8,10-11H,5,9H2,1-3H3,(H,21,23)(H,22,24). The molecule has 2 amide bonds. The van der Waals surface area contributed by atoms with Crippen molar-refractivity contribution in [2.24, 2.45) is 0 Å². The summed E-state index contributed by atoms with van der Waals surface area (Å²) in [4.78, 5) is 23.4. The minimum Gasteiger partial charge on any atom is -0.495 e. The van der Waals surface area contributed by atoms with Gasteiger partial charge in [0.15, 0.2) is 11.6 Å². The molecule has 0 saturated carbocycles. The first kappa shape index (κ1) is 19.2. The summed E-state index contributed by atoms with van der Waals surface area (Å²) in [6.07, 6.45) is 0.541. The summed E-state index contributed by atoms with van der Waals surface area (Å²) in [6.45, 7) is 1.40. The molecule has 2 N–H and O–H groups in total. The zero-order chi connectivity index (χ0) is 19.1. The highest BCUT2D eigenvalue weighted by molar-refractivity contribution is 5.95. The smallest absolute Gasteiger partial charge is 0.224 e. The highest BCUT2D eigenvalue weighted by Gasteiger charge is 2.11. The van der Waals surface area contributed by atoms with Gasteiger partial charge in [0.1, 0.15) is 5.75 Å². The molecule has 0 heterocycles. The lowest BCUT2D eigenvalue weighted by Gasteiger charge is -2.12. The van der Waals surface area contributed by atoms with Crippen molar-refractivity contribution >= 4 is 23.2 Å². The number of nitrogens with one attached hydrogen (secondary N) is 2. The van der Waals surface area contributed by atoms with E-state index in [1.165, 1.54) is 33.3 Å². The first-order valence-corrected chi connectivity index (χ1v) is 8.01. The first-order valence-electron chi connectivity index (χ1n) is 8.01. The largest absolute Gasteiger partial charge is 0.495 e. The van der Waals surface area contributed by atoms with Gasteiger partial charge in [0.05, 0.1) is 19.9 Å². The summed E-state index contributed by atoms with van der Waals surface area (Å²) < 4.78 is 23.8. The van der Waals surface area contributed by atoms with Crippen molar-refractivity contribution in [2.75, 3.05) is 24.9 Å². The number of benzene rings is 2. The number of carbonyl (C=O) groups excluding carboxylic acids is 2. The monoisotopic (exact) mass is 360 g/mol. The van der Waals surface area contributed by atoms with Crippen LogP contribution in [0, 0.1) is 5.82 Å². The number of halogens is 1. The van der Waals surface area contributed by atoms with Crippen molar-refractivity contribution in [1.82, 2.24) is 0 Å². The minimum absolute atomic E-state index is 0.165. The first-order chi connectivity index (χ1) is 12.4. The number of anilines is 2. The molecule has 0 aromatic heterocycles. The second-order valence-corrected chi connectivity index (χ2v) is 5.61. The Morgan fingerprint density at radius 3 is 2.31 bits per heavy atom. The molecule has 0 spiro atoms. The van der Waals surface area contributed by atoms with Crippen LogP contribution in [-0.4, -0.2) is 26.0 Å². The second-order valence-electron chi connectivity index (χ2n) is 5.61. The Balaban J connectivity index is 2.02. The fourth-order valence-corrected chi connectivity index (χ4v) is 2.42. The lowest BCUT2D eigenvalue weighted by atomic mass is 10.1. The molecular weight excluding hydrogens is 339 g/mol. The summed E-state index contributed by atoms with van der Waals surface area (Å²) in [6, 6.07) is 9.54. The third-order valence-electron chi connectivity index (χ3n) is 3.65. The normalized spacial score (nSPS) is 10.2.